The molecule has 10 nitrogen and oxygen atoms in total. The third-order valence-corrected chi connectivity index (χ3v) is 8.70. The van der Waals surface area contributed by atoms with Crippen LogP contribution in [0.25, 0.3) is 32.4 Å². The monoisotopic (exact) mass is 533 g/mol. The second-order valence-electron chi connectivity index (χ2n) is 10.9. The van der Waals surface area contributed by atoms with Crippen LogP contribution >= 0.6 is 0 Å². The van der Waals surface area contributed by atoms with Gasteiger partial charge in [0.15, 0.2) is 17.5 Å². The molecule has 1 aromatic heterocycles. The van der Waals surface area contributed by atoms with Gasteiger partial charge in [-0.25, -0.2) is 4.79 Å². The molecule has 0 bridgehead atoms. The number of H-pyrrole nitrogens is 1. The van der Waals surface area contributed by atoms with Crippen molar-refractivity contribution in [2.75, 3.05) is 0 Å². The molecule has 3 aliphatic rings. The highest BCUT2D eigenvalue weighted by molar-refractivity contribution is 6.14. The van der Waals surface area contributed by atoms with E-state index in [4.69, 9.17) is 9.47 Å². The molecule has 0 radical (unpaired) electrons. The Hall–Kier alpha value is -3.35. The predicted molar refractivity (Wildman–Crippen MR) is 138 cm³/mol. The lowest BCUT2D eigenvalue weighted by atomic mass is 9.68. The Labute approximate surface area is 221 Å². The summed E-state index contributed by atoms with van der Waals surface area (Å²) in [7, 11) is 0. The zero-order chi connectivity index (χ0) is 27.3. The molecular weight excluding hydrogens is 506 g/mol. The smallest absolute Gasteiger partial charge is 0.343 e. The number of carbonyl (C=O) groups is 1. The van der Waals surface area contributed by atoms with Gasteiger partial charge in [-0.3, -0.25) is 0 Å². The van der Waals surface area contributed by atoms with Crippen molar-refractivity contribution < 1.29 is 44.9 Å². The van der Waals surface area contributed by atoms with E-state index in [0.717, 1.165) is 27.6 Å². The molecule has 39 heavy (non-hydrogen) atoms. The number of fused-ring (bicyclic) bond motifs is 7. The molecular formula is C29H27NO9. The number of nitrogens with one attached hydrogen (secondary N) is 1. The van der Waals surface area contributed by atoms with Gasteiger partial charge in [0.25, 0.3) is 0 Å². The number of benzene rings is 3. The van der Waals surface area contributed by atoms with Crippen LogP contribution in [-0.2, 0) is 16.1 Å². The second-order valence-corrected chi connectivity index (χ2v) is 10.9. The van der Waals surface area contributed by atoms with Gasteiger partial charge in [-0.2, -0.15) is 0 Å². The summed E-state index contributed by atoms with van der Waals surface area (Å²) in [6.07, 6.45) is -2.58. The highest BCUT2D eigenvalue weighted by atomic mass is 16.7. The number of esters is 1. The summed E-state index contributed by atoms with van der Waals surface area (Å²) >= 11 is 0. The summed E-state index contributed by atoms with van der Waals surface area (Å²) in [6.45, 7) is -0.490. The zero-order valence-corrected chi connectivity index (χ0v) is 20.6. The molecule has 0 amide bonds. The van der Waals surface area contributed by atoms with E-state index in [9.17, 15) is 35.4 Å². The maximum atomic E-state index is 13.5. The fraction of sp³-hybridized carbons (Fsp3) is 0.345. The van der Waals surface area contributed by atoms with E-state index in [1.807, 2.05) is 42.5 Å². The largest absolute Gasteiger partial charge is 0.422 e. The molecule has 10 heteroatoms. The normalized spacial score (nSPS) is 35.5. The van der Waals surface area contributed by atoms with Gasteiger partial charge in [0.05, 0.1) is 29.3 Å². The van der Waals surface area contributed by atoms with Crippen LogP contribution in [0.15, 0.2) is 60.7 Å². The van der Waals surface area contributed by atoms with E-state index in [2.05, 4.69) is 4.98 Å². The number of aliphatic hydroxyl groups excluding tert-OH is 3. The summed E-state index contributed by atoms with van der Waals surface area (Å²) in [5.74, 6) is -4.67. The van der Waals surface area contributed by atoms with E-state index < -0.39 is 53.8 Å². The number of aliphatic hydroxyl groups is 6. The second kappa shape index (κ2) is 8.09. The van der Waals surface area contributed by atoms with Gasteiger partial charge >= 0.3 is 5.97 Å². The van der Waals surface area contributed by atoms with E-state index in [1.54, 1.807) is 6.07 Å². The van der Waals surface area contributed by atoms with Crippen LogP contribution in [0.1, 0.15) is 18.5 Å². The van der Waals surface area contributed by atoms with Crippen LogP contribution in [0.4, 0.5) is 0 Å². The van der Waals surface area contributed by atoms with Gasteiger partial charge in [-0.1, -0.05) is 36.4 Å². The number of ether oxygens (including phenoxy) is 2. The molecule has 0 spiro atoms. The Bertz CT molecular complexity index is 1700. The first-order chi connectivity index (χ1) is 18.6. The molecule has 7 atom stereocenters. The fourth-order valence-corrected chi connectivity index (χ4v) is 6.70. The minimum atomic E-state index is -2.79. The summed E-state index contributed by atoms with van der Waals surface area (Å²) in [5, 5.41) is 69.4. The first-order valence-corrected chi connectivity index (χ1v) is 12.8. The summed E-state index contributed by atoms with van der Waals surface area (Å²) < 4.78 is 11.3. The predicted octanol–water partition coefficient (Wildman–Crippen LogP) is 1.12. The topological polar surface area (TPSA) is 173 Å². The van der Waals surface area contributed by atoms with Crippen molar-refractivity contribution in [1.82, 2.24) is 4.98 Å². The number of aromatic nitrogens is 1. The number of carbonyl (C=O) groups excluding carboxylic acids is 1. The van der Waals surface area contributed by atoms with Crippen LogP contribution in [0.3, 0.4) is 0 Å². The maximum Gasteiger partial charge on any atom is 0.343 e. The molecule has 2 fully saturated rings. The van der Waals surface area contributed by atoms with Crippen molar-refractivity contribution in [1.29, 1.82) is 0 Å². The highest BCUT2D eigenvalue weighted by Crippen LogP contribution is 2.57. The van der Waals surface area contributed by atoms with Crippen LogP contribution in [0, 0.1) is 5.92 Å². The fourth-order valence-electron chi connectivity index (χ4n) is 6.70. The lowest BCUT2D eigenvalue weighted by Crippen LogP contribution is -2.70. The lowest BCUT2D eigenvalue weighted by molar-refractivity contribution is -0.343. The van der Waals surface area contributed by atoms with Crippen molar-refractivity contribution in [3.63, 3.8) is 0 Å². The average molecular weight is 534 g/mol. The third-order valence-electron chi connectivity index (χ3n) is 8.70. The molecule has 2 aliphatic carbocycles. The first-order valence-electron chi connectivity index (χ1n) is 12.8. The van der Waals surface area contributed by atoms with Crippen LogP contribution in [0.2, 0.25) is 0 Å². The van der Waals surface area contributed by atoms with Crippen molar-refractivity contribution >= 4 is 38.4 Å². The minimum Gasteiger partial charge on any atom is -0.422 e. The van der Waals surface area contributed by atoms with Gasteiger partial charge < -0.3 is 45.1 Å². The van der Waals surface area contributed by atoms with Crippen molar-refractivity contribution in [2.45, 2.75) is 54.7 Å². The number of hydrogen-bond acceptors (Lipinski definition) is 9. The lowest BCUT2D eigenvalue weighted by Gasteiger charge is -2.49. The Balaban J connectivity index is 1.31. The zero-order valence-electron chi connectivity index (χ0n) is 20.6. The van der Waals surface area contributed by atoms with Crippen LogP contribution < -0.4 is 4.74 Å². The Morgan fingerprint density at radius 1 is 1.05 bits per heavy atom. The number of rotatable bonds is 3. The van der Waals surface area contributed by atoms with E-state index in [1.165, 1.54) is 6.08 Å². The average Bonchev–Trinajstić information content (AvgIpc) is 3.51. The summed E-state index contributed by atoms with van der Waals surface area (Å²) in [5.41, 5.74) is -3.89. The molecule has 7 rings (SSSR count). The van der Waals surface area contributed by atoms with E-state index >= 15 is 0 Å². The van der Waals surface area contributed by atoms with Gasteiger partial charge in [0, 0.05) is 12.3 Å². The van der Waals surface area contributed by atoms with Crippen LogP contribution in [-0.4, -0.2) is 76.9 Å². The molecule has 0 unspecified atom stereocenters. The van der Waals surface area contributed by atoms with E-state index in [-0.39, 0.29) is 24.3 Å². The highest BCUT2D eigenvalue weighted by Gasteiger charge is 2.77. The molecule has 1 saturated carbocycles. The standard InChI is InChI=1S/C29H27NO9/c31-13-21-23(22-19-10-15-4-2-1-3-14(15)9-16(19)5-6-20(22)30-21)38-26(34)24-25(33)27(35)8-7-17-11-18(32)12-28(17,36)29(27,37)39-24/h1-10,17-18,24-25,30-33,35-37H,11-13H2/t17-,18+,24+,25-,27+,28+,29+/m0/s1. The van der Waals surface area contributed by atoms with Gasteiger partial charge in [-0.15, -0.1) is 0 Å². The van der Waals surface area contributed by atoms with E-state index in [0.29, 0.717) is 10.9 Å². The molecule has 1 saturated heterocycles. The van der Waals surface area contributed by atoms with Crippen molar-refractivity contribution in [3.8, 4) is 5.75 Å². The van der Waals surface area contributed by atoms with Gasteiger partial charge in [0.1, 0.15) is 11.7 Å². The van der Waals surface area contributed by atoms with Gasteiger partial charge in [-0.05, 0) is 52.2 Å². The summed E-state index contributed by atoms with van der Waals surface area (Å²) in [4.78, 5) is 16.6. The Morgan fingerprint density at radius 2 is 1.79 bits per heavy atom. The SMILES string of the molecule is O=C(Oc1c(CO)[nH]c2ccc3cc4ccccc4cc3c12)[C@@H]1O[C@]2(O)[C@@](O)(C=C[C@H]3C[C@@H](O)C[C@@]32O)[C@H]1O. The quantitative estimate of drug-likeness (QED) is 0.116. The molecule has 7 N–H and O–H groups in total. The maximum absolute atomic E-state index is 13.5. The third kappa shape index (κ3) is 3.13. The Morgan fingerprint density at radius 3 is 2.54 bits per heavy atom. The molecule has 2 heterocycles. The molecule has 3 aromatic carbocycles. The number of hydrogen-bond donors (Lipinski definition) is 7. The van der Waals surface area contributed by atoms with Crippen molar-refractivity contribution in [2.24, 2.45) is 5.92 Å². The first kappa shape index (κ1) is 24.7. The number of aromatic amines is 1. The van der Waals surface area contributed by atoms with Crippen LogP contribution in [0.5, 0.6) is 5.75 Å². The molecule has 4 aromatic rings. The molecule has 1 aliphatic heterocycles. The minimum absolute atomic E-state index is 0.0199. The summed E-state index contributed by atoms with van der Waals surface area (Å²) in [6, 6.07) is 15.5. The molecule has 202 valence electrons. The van der Waals surface area contributed by atoms with Gasteiger partial charge in [0.2, 0.25) is 5.79 Å². The van der Waals surface area contributed by atoms with Crippen molar-refractivity contribution in [3.05, 3.63) is 66.4 Å². The Kier molecular flexibility index (Phi) is 5.12.